The van der Waals surface area contributed by atoms with E-state index in [1.807, 2.05) is 13.8 Å². The molecule has 5 heteroatoms. The smallest absolute Gasteiger partial charge is 0.337 e. The largest absolute Gasteiger partial charge is 0.496 e. The summed E-state index contributed by atoms with van der Waals surface area (Å²) in [5, 5.41) is 19.2. The number of benzene rings is 1. The third-order valence-electron chi connectivity index (χ3n) is 2.88. The summed E-state index contributed by atoms with van der Waals surface area (Å²) in [4.78, 5) is 11.0. The van der Waals surface area contributed by atoms with Crippen molar-refractivity contribution < 1.29 is 19.7 Å². The van der Waals surface area contributed by atoms with Crippen LogP contribution in [0, 0.1) is 6.92 Å². The minimum atomic E-state index is -1.64. The second kappa shape index (κ2) is 5.59. The highest BCUT2D eigenvalue weighted by atomic mass is 35.5. The molecule has 0 aliphatic carbocycles. The zero-order valence-electron chi connectivity index (χ0n) is 10.8. The standard InChI is InChI=1S/C13H17ClO4/c1-6(2)8-5-9(14)7(3)10(12(8)18-4)11(15)13(16)17/h5-6,11,15H,1-4H3,(H,16,17). The van der Waals surface area contributed by atoms with E-state index in [-0.39, 0.29) is 11.5 Å². The van der Waals surface area contributed by atoms with Gasteiger partial charge < -0.3 is 14.9 Å². The topological polar surface area (TPSA) is 66.8 Å². The molecule has 0 aliphatic rings. The Hall–Kier alpha value is -1.26. The van der Waals surface area contributed by atoms with Gasteiger partial charge in [0.05, 0.1) is 7.11 Å². The van der Waals surface area contributed by atoms with Gasteiger partial charge in [0.2, 0.25) is 0 Å². The quantitative estimate of drug-likeness (QED) is 0.884. The van der Waals surface area contributed by atoms with Crippen LogP contribution in [0.2, 0.25) is 5.02 Å². The van der Waals surface area contributed by atoms with Crippen molar-refractivity contribution in [1.29, 1.82) is 0 Å². The molecule has 0 bridgehead atoms. The van der Waals surface area contributed by atoms with Crippen molar-refractivity contribution in [3.05, 3.63) is 27.8 Å². The zero-order chi connectivity index (χ0) is 14.0. The van der Waals surface area contributed by atoms with E-state index in [0.717, 1.165) is 5.56 Å². The van der Waals surface area contributed by atoms with Crippen LogP contribution in [0.3, 0.4) is 0 Å². The van der Waals surface area contributed by atoms with Gasteiger partial charge in [-0.15, -0.1) is 0 Å². The summed E-state index contributed by atoms with van der Waals surface area (Å²) < 4.78 is 5.26. The minimum absolute atomic E-state index is 0.109. The van der Waals surface area contributed by atoms with E-state index < -0.39 is 12.1 Å². The van der Waals surface area contributed by atoms with Crippen LogP contribution in [-0.2, 0) is 4.79 Å². The number of carboxylic acids is 1. The Kier molecular flexibility index (Phi) is 4.59. The predicted molar refractivity (Wildman–Crippen MR) is 69.4 cm³/mol. The fraction of sp³-hybridized carbons (Fsp3) is 0.462. The number of carboxylic acid groups (broad SMARTS) is 1. The maximum Gasteiger partial charge on any atom is 0.337 e. The molecule has 0 amide bonds. The van der Waals surface area contributed by atoms with Crippen molar-refractivity contribution in [2.24, 2.45) is 0 Å². The molecule has 2 N–H and O–H groups in total. The molecular formula is C13H17ClO4. The third-order valence-corrected chi connectivity index (χ3v) is 3.28. The minimum Gasteiger partial charge on any atom is -0.496 e. The fourth-order valence-corrected chi connectivity index (χ4v) is 2.09. The summed E-state index contributed by atoms with van der Waals surface area (Å²) >= 11 is 6.08. The van der Waals surface area contributed by atoms with Crippen molar-refractivity contribution >= 4 is 17.6 Å². The van der Waals surface area contributed by atoms with Crippen molar-refractivity contribution in [3.8, 4) is 5.75 Å². The number of rotatable bonds is 4. The Morgan fingerprint density at radius 1 is 1.44 bits per heavy atom. The SMILES string of the molecule is COc1c(C(C)C)cc(Cl)c(C)c1C(O)C(=O)O. The van der Waals surface area contributed by atoms with Crippen molar-refractivity contribution in [2.45, 2.75) is 32.8 Å². The number of carbonyl (C=O) groups is 1. The van der Waals surface area contributed by atoms with Crippen molar-refractivity contribution in [2.75, 3.05) is 7.11 Å². The van der Waals surface area contributed by atoms with Crippen LogP contribution in [0.1, 0.15) is 42.6 Å². The van der Waals surface area contributed by atoms with Crippen LogP contribution in [-0.4, -0.2) is 23.3 Å². The fourth-order valence-electron chi connectivity index (χ4n) is 1.87. The molecule has 4 nitrogen and oxygen atoms in total. The molecule has 0 saturated carbocycles. The number of hydrogen-bond acceptors (Lipinski definition) is 3. The third kappa shape index (κ3) is 2.60. The molecule has 1 atom stereocenters. The highest BCUT2D eigenvalue weighted by Crippen LogP contribution is 2.39. The molecular weight excluding hydrogens is 256 g/mol. The van der Waals surface area contributed by atoms with Crippen molar-refractivity contribution in [1.82, 2.24) is 0 Å². The van der Waals surface area contributed by atoms with Gasteiger partial charge in [-0.1, -0.05) is 25.4 Å². The van der Waals surface area contributed by atoms with E-state index in [1.54, 1.807) is 13.0 Å². The summed E-state index contributed by atoms with van der Waals surface area (Å²) in [6, 6.07) is 1.75. The van der Waals surface area contributed by atoms with Gasteiger partial charge in [0.1, 0.15) is 5.75 Å². The molecule has 1 aromatic carbocycles. The Labute approximate surface area is 111 Å². The number of aliphatic hydroxyl groups is 1. The van der Waals surface area contributed by atoms with Gasteiger partial charge in [-0.3, -0.25) is 0 Å². The van der Waals surface area contributed by atoms with Gasteiger partial charge in [0.25, 0.3) is 0 Å². The lowest BCUT2D eigenvalue weighted by Crippen LogP contribution is -2.15. The molecule has 0 aliphatic heterocycles. The lowest BCUT2D eigenvalue weighted by molar-refractivity contribution is -0.147. The zero-order valence-corrected chi connectivity index (χ0v) is 11.6. The molecule has 1 aromatic rings. The first-order chi connectivity index (χ1) is 8.31. The van der Waals surface area contributed by atoms with Crippen LogP contribution >= 0.6 is 11.6 Å². The summed E-state index contributed by atoms with van der Waals surface area (Å²) in [6.07, 6.45) is -1.64. The lowest BCUT2D eigenvalue weighted by atomic mass is 9.93. The number of ether oxygens (including phenoxy) is 1. The molecule has 100 valence electrons. The molecule has 0 aromatic heterocycles. The van der Waals surface area contributed by atoms with E-state index >= 15 is 0 Å². The van der Waals surface area contributed by atoms with E-state index in [0.29, 0.717) is 16.3 Å². The van der Waals surface area contributed by atoms with Gasteiger partial charge in [0, 0.05) is 10.6 Å². The molecule has 1 unspecified atom stereocenters. The highest BCUT2D eigenvalue weighted by Gasteiger charge is 2.27. The van der Waals surface area contributed by atoms with Crippen molar-refractivity contribution in [3.63, 3.8) is 0 Å². The Balaban J connectivity index is 3.60. The van der Waals surface area contributed by atoms with Gasteiger partial charge >= 0.3 is 5.97 Å². The number of methoxy groups -OCH3 is 1. The Bertz CT molecular complexity index is 469. The van der Waals surface area contributed by atoms with Gasteiger partial charge in [0.15, 0.2) is 6.10 Å². The Morgan fingerprint density at radius 2 is 2.00 bits per heavy atom. The summed E-state index contributed by atoms with van der Waals surface area (Å²) in [5.41, 5.74) is 1.53. The second-order valence-electron chi connectivity index (χ2n) is 4.42. The van der Waals surface area contributed by atoms with Crippen LogP contribution < -0.4 is 4.74 Å². The average molecular weight is 273 g/mol. The number of halogens is 1. The lowest BCUT2D eigenvalue weighted by Gasteiger charge is -2.21. The number of aliphatic carboxylic acids is 1. The maximum atomic E-state index is 11.0. The predicted octanol–water partition coefficient (Wildman–Crippen LogP) is 2.90. The Morgan fingerprint density at radius 3 is 2.39 bits per heavy atom. The molecule has 0 fully saturated rings. The molecule has 0 spiro atoms. The molecule has 0 saturated heterocycles. The monoisotopic (exact) mass is 272 g/mol. The number of hydrogen-bond donors (Lipinski definition) is 2. The first-order valence-corrected chi connectivity index (χ1v) is 5.96. The van der Waals surface area contributed by atoms with Crippen LogP contribution in [0.25, 0.3) is 0 Å². The normalized spacial score (nSPS) is 12.6. The van der Waals surface area contributed by atoms with Crippen LogP contribution in [0.15, 0.2) is 6.07 Å². The number of aliphatic hydroxyl groups excluding tert-OH is 1. The van der Waals surface area contributed by atoms with E-state index in [4.69, 9.17) is 21.4 Å². The van der Waals surface area contributed by atoms with E-state index in [9.17, 15) is 9.90 Å². The molecule has 18 heavy (non-hydrogen) atoms. The van der Waals surface area contributed by atoms with E-state index in [2.05, 4.69) is 0 Å². The molecule has 0 radical (unpaired) electrons. The van der Waals surface area contributed by atoms with Gasteiger partial charge in [-0.2, -0.15) is 0 Å². The second-order valence-corrected chi connectivity index (χ2v) is 4.82. The average Bonchev–Trinajstić information content (AvgIpc) is 2.30. The van der Waals surface area contributed by atoms with Crippen LogP contribution in [0.4, 0.5) is 0 Å². The van der Waals surface area contributed by atoms with Gasteiger partial charge in [-0.25, -0.2) is 4.79 Å². The van der Waals surface area contributed by atoms with E-state index in [1.165, 1.54) is 7.11 Å². The summed E-state index contributed by atoms with van der Waals surface area (Å²) in [5.74, 6) is -0.826. The first kappa shape index (κ1) is 14.8. The van der Waals surface area contributed by atoms with Crippen LogP contribution in [0.5, 0.6) is 5.75 Å². The first-order valence-electron chi connectivity index (χ1n) is 5.59. The maximum absolute atomic E-state index is 11.0. The molecule has 1 rings (SSSR count). The van der Waals surface area contributed by atoms with Gasteiger partial charge in [-0.05, 0) is 30.0 Å². The highest BCUT2D eigenvalue weighted by molar-refractivity contribution is 6.31. The molecule has 0 heterocycles. The summed E-state index contributed by atoms with van der Waals surface area (Å²) in [7, 11) is 1.45. The summed E-state index contributed by atoms with van der Waals surface area (Å²) in [6.45, 7) is 5.55.